The minimum atomic E-state index is -3.28. The second kappa shape index (κ2) is 6.32. The van der Waals surface area contributed by atoms with Crippen LogP contribution in [0.5, 0.6) is 0 Å². The molecular weight excluding hydrogens is 250 g/mol. The molecule has 0 unspecified atom stereocenters. The van der Waals surface area contributed by atoms with Gasteiger partial charge in [0.1, 0.15) is 0 Å². The maximum atomic E-state index is 12.6. The Morgan fingerprint density at radius 3 is 2.22 bits per heavy atom. The SMILES string of the molecule is NCCN(C1CCCCC1)S(=O)(=O)N1CCCC1. The van der Waals surface area contributed by atoms with E-state index in [1.807, 2.05) is 0 Å². The molecule has 1 saturated carbocycles. The third-order valence-corrected chi connectivity index (χ3v) is 6.11. The predicted octanol–water partition coefficient (Wildman–Crippen LogP) is 0.920. The van der Waals surface area contributed by atoms with E-state index in [2.05, 4.69) is 0 Å². The minimum Gasteiger partial charge on any atom is -0.329 e. The normalized spacial score (nSPS) is 23.9. The van der Waals surface area contributed by atoms with Crippen molar-refractivity contribution in [3.05, 3.63) is 0 Å². The molecule has 0 aromatic rings. The first-order valence-electron chi connectivity index (χ1n) is 7.13. The molecule has 106 valence electrons. The number of hydrogen-bond donors (Lipinski definition) is 1. The molecule has 1 heterocycles. The van der Waals surface area contributed by atoms with Gasteiger partial charge in [0.25, 0.3) is 10.2 Å². The lowest BCUT2D eigenvalue weighted by Gasteiger charge is -2.35. The van der Waals surface area contributed by atoms with Crippen molar-refractivity contribution in [1.29, 1.82) is 0 Å². The van der Waals surface area contributed by atoms with Gasteiger partial charge in [0.05, 0.1) is 0 Å². The van der Waals surface area contributed by atoms with Crippen molar-refractivity contribution in [2.75, 3.05) is 26.2 Å². The van der Waals surface area contributed by atoms with Gasteiger partial charge in [-0.05, 0) is 25.7 Å². The van der Waals surface area contributed by atoms with Crippen molar-refractivity contribution in [2.24, 2.45) is 5.73 Å². The van der Waals surface area contributed by atoms with E-state index in [1.165, 1.54) is 6.42 Å². The zero-order valence-electron chi connectivity index (χ0n) is 11.1. The van der Waals surface area contributed by atoms with Crippen molar-refractivity contribution in [1.82, 2.24) is 8.61 Å². The first-order chi connectivity index (χ1) is 8.66. The standard InChI is InChI=1S/C12H25N3O2S/c13-8-11-15(12-6-2-1-3-7-12)18(16,17)14-9-4-5-10-14/h12H,1-11,13H2. The Labute approximate surface area is 110 Å². The van der Waals surface area contributed by atoms with Crippen LogP contribution in [-0.2, 0) is 10.2 Å². The highest BCUT2D eigenvalue weighted by atomic mass is 32.2. The van der Waals surface area contributed by atoms with Gasteiger partial charge in [-0.25, -0.2) is 0 Å². The van der Waals surface area contributed by atoms with Crippen LogP contribution in [0.4, 0.5) is 0 Å². The average molecular weight is 275 g/mol. The third kappa shape index (κ3) is 3.04. The molecule has 1 aliphatic carbocycles. The van der Waals surface area contributed by atoms with Gasteiger partial charge in [0.2, 0.25) is 0 Å². The van der Waals surface area contributed by atoms with Crippen LogP contribution in [0.2, 0.25) is 0 Å². The molecule has 0 bridgehead atoms. The molecule has 1 saturated heterocycles. The lowest BCUT2D eigenvalue weighted by atomic mass is 9.95. The summed E-state index contributed by atoms with van der Waals surface area (Å²) in [5.74, 6) is 0. The maximum absolute atomic E-state index is 12.6. The van der Waals surface area contributed by atoms with Gasteiger partial charge in [-0.15, -0.1) is 0 Å². The third-order valence-electron chi connectivity index (χ3n) is 4.02. The largest absolute Gasteiger partial charge is 0.329 e. The minimum absolute atomic E-state index is 0.174. The zero-order chi connectivity index (χ0) is 13.0. The van der Waals surface area contributed by atoms with Crippen molar-refractivity contribution in [3.8, 4) is 0 Å². The van der Waals surface area contributed by atoms with E-state index in [-0.39, 0.29) is 6.04 Å². The van der Waals surface area contributed by atoms with Gasteiger partial charge in [0, 0.05) is 32.2 Å². The Bertz CT molecular complexity index is 346. The molecule has 0 amide bonds. The Kier molecular flexibility index (Phi) is 5.00. The molecule has 2 rings (SSSR count). The molecule has 1 aliphatic heterocycles. The highest BCUT2D eigenvalue weighted by Gasteiger charge is 2.36. The molecule has 2 fully saturated rings. The summed E-state index contributed by atoms with van der Waals surface area (Å²) in [5.41, 5.74) is 5.61. The van der Waals surface area contributed by atoms with Crippen molar-refractivity contribution in [2.45, 2.75) is 51.0 Å². The molecule has 5 nitrogen and oxygen atoms in total. The van der Waals surface area contributed by atoms with E-state index in [4.69, 9.17) is 5.73 Å². The van der Waals surface area contributed by atoms with Crippen LogP contribution < -0.4 is 5.73 Å². The van der Waals surface area contributed by atoms with Gasteiger partial charge in [0.15, 0.2) is 0 Å². The first-order valence-corrected chi connectivity index (χ1v) is 8.53. The quantitative estimate of drug-likeness (QED) is 0.811. The summed E-state index contributed by atoms with van der Waals surface area (Å²) in [6, 6.07) is 0.174. The summed E-state index contributed by atoms with van der Waals surface area (Å²) in [5, 5.41) is 0. The number of nitrogens with two attached hydrogens (primary N) is 1. The summed E-state index contributed by atoms with van der Waals surface area (Å²) in [6.45, 7) is 2.22. The summed E-state index contributed by atoms with van der Waals surface area (Å²) in [7, 11) is -3.28. The second-order valence-corrected chi connectivity index (χ2v) is 7.19. The van der Waals surface area contributed by atoms with E-state index >= 15 is 0 Å². The van der Waals surface area contributed by atoms with Crippen molar-refractivity contribution < 1.29 is 8.42 Å². The van der Waals surface area contributed by atoms with Crippen LogP contribution in [0, 0.1) is 0 Å². The van der Waals surface area contributed by atoms with Gasteiger partial charge < -0.3 is 5.73 Å². The van der Waals surface area contributed by atoms with E-state index in [9.17, 15) is 8.42 Å². The zero-order valence-corrected chi connectivity index (χ0v) is 11.9. The van der Waals surface area contributed by atoms with Crippen LogP contribution in [0.25, 0.3) is 0 Å². The van der Waals surface area contributed by atoms with E-state index in [0.717, 1.165) is 38.5 Å². The Hall–Kier alpha value is -0.170. The predicted molar refractivity (Wildman–Crippen MR) is 72.4 cm³/mol. The Morgan fingerprint density at radius 1 is 1.06 bits per heavy atom. The lowest BCUT2D eigenvalue weighted by molar-refractivity contribution is 0.242. The average Bonchev–Trinajstić information content (AvgIpc) is 2.91. The fourth-order valence-corrected chi connectivity index (χ4v) is 4.99. The molecule has 0 aromatic carbocycles. The van der Waals surface area contributed by atoms with Crippen LogP contribution in [0.3, 0.4) is 0 Å². The van der Waals surface area contributed by atoms with Gasteiger partial charge in [-0.2, -0.15) is 17.0 Å². The van der Waals surface area contributed by atoms with Gasteiger partial charge in [-0.3, -0.25) is 0 Å². The molecule has 18 heavy (non-hydrogen) atoms. The first kappa shape index (κ1) is 14.2. The summed E-state index contributed by atoms with van der Waals surface area (Å²) < 4.78 is 28.6. The molecule has 2 aliphatic rings. The van der Waals surface area contributed by atoms with Crippen molar-refractivity contribution >= 4 is 10.2 Å². The monoisotopic (exact) mass is 275 g/mol. The summed E-state index contributed by atoms with van der Waals surface area (Å²) in [6.07, 6.45) is 7.47. The fourth-order valence-electron chi connectivity index (χ4n) is 3.05. The van der Waals surface area contributed by atoms with E-state index in [0.29, 0.717) is 26.2 Å². The number of nitrogens with zero attached hydrogens (tertiary/aromatic N) is 2. The molecule has 0 radical (unpaired) electrons. The topological polar surface area (TPSA) is 66.6 Å². The van der Waals surface area contributed by atoms with Crippen LogP contribution in [-0.4, -0.2) is 49.2 Å². The summed E-state index contributed by atoms with van der Waals surface area (Å²) >= 11 is 0. The number of hydrogen-bond acceptors (Lipinski definition) is 3. The molecule has 2 N–H and O–H groups in total. The second-order valence-electron chi connectivity index (χ2n) is 5.31. The Morgan fingerprint density at radius 2 is 1.67 bits per heavy atom. The van der Waals surface area contributed by atoms with E-state index in [1.54, 1.807) is 8.61 Å². The maximum Gasteiger partial charge on any atom is 0.282 e. The molecule has 0 atom stereocenters. The number of rotatable bonds is 5. The van der Waals surface area contributed by atoms with Crippen LogP contribution >= 0.6 is 0 Å². The van der Waals surface area contributed by atoms with Crippen LogP contribution in [0.15, 0.2) is 0 Å². The van der Waals surface area contributed by atoms with Gasteiger partial charge >= 0.3 is 0 Å². The molecule has 0 spiro atoms. The molecule has 0 aromatic heterocycles. The highest BCUT2D eigenvalue weighted by molar-refractivity contribution is 7.86. The lowest BCUT2D eigenvalue weighted by Crippen LogP contribution is -2.50. The highest BCUT2D eigenvalue weighted by Crippen LogP contribution is 2.27. The van der Waals surface area contributed by atoms with E-state index < -0.39 is 10.2 Å². The fraction of sp³-hybridized carbons (Fsp3) is 1.00. The van der Waals surface area contributed by atoms with Crippen LogP contribution in [0.1, 0.15) is 44.9 Å². The van der Waals surface area contributed by atoms with Crippen molar-refractivity contribution in [3.63, 3.8) is 0 Å². The Balaban J connectivity index is 2.11. The molecular formula is C12H25N3O2S. The summed E-state index contributed by atoms with van der Waals surface area (Å²) in [4.78, 5) is 0. The van der Waals surface area contributed by atoms with Gasteiger partial charge in [-0.1, -0.05) is 19.3 Å². The molecule has 6 heteroatoms. The smallest absolute Gasteiger partial charge is 0.282 e.